The van der Waals surface area contributed by atoms with E-state index in [1.807, 2.05) is 49.4 Å². The van der Waals surface area contributed by atoms with E-state index in [4.69, 9.17) is 5.73 Å². The summed E-state index contributed by atoms with van der Waals surface area (Å²) in [5.41, 5.74) is 8.15. The molecule has 0 unspecified atom stereocenters. The molecule has 4 N–H and O–H groups in total. The van der Waals surface area contributed by atoms with Crippen molar-refractivity contribution in [2.75, 3.05) is 22.9 Å². The standard InChI is InChI=1S/C21H23FN6/c1-13(14-5-3-2-4-6-14)25-21-27-19(23)26-20(28-21)24-12-16-11-18(16)15-7-9-17(22)10-8-15/h2-10,13,16,18H,11-12H2,1H3,(H4,23,24,25,26,27,28)/t13-,16-,18-/m0/s1. The fourth-order valence-electron chi connectivity index (χ4n) is 3.37. The van der Waals surface area contributed by atoms with Crippen molar-refractivity contribution in [1.82, 2.24) is 15.0 Å². The average molecular weight is 378 g/mol. The van der Waals surface area contributed by atoms with Crippen LogP contribution < -0.4 is 16.4 Å². The molecule has 0 spiro atoms. The van der Waals surface area contributed by atoms with E-state index in [0.717, 1.165) is 18.5 Å². The van der Waals surface area contributed by atoms with Crippen LogP contribution in [-0.4, -0.2) is 21.5 Å². The lowest BCUT2D eigenvalue weighted by atomic mass is 10.1. The van der Waals surface area contributed by atoms with Gasteiger partial charge in [-0.1, -0.05) is 42.5 Å². The van der Waals surface area contributed by atoms with Crippen LogP contribution in [0, 0.1) is 11.7 Å². The van der Waals surface area contributed by atoms with Crippen LogP contribution in [0.1, 0.15) is 36.4 Å². The van der Waals surface area contributed by atoms with Crippen LogP contribution >= 0.6 is 0 Å². The third-order valence-corrected chi connectivity index (χ3v) is 5.04. The van der Waals surface area contributed by atoms with Gasteiger partial charge in [0.05, 0.1) is 6.04 Å². The molecule has 0 radical (unpaired) electrons. The van der Waals surface area contributed by atoms with Crippen molar-refractivity contribution in [2.24, 2.45) is 5.92 Å². The maximum absolute atomic E-state index is 13.1. The summed E-state index contributed by atoms with van der Waals surface area (Å²) in [6.07, 6.45) is 1.06. The Hall–Kier alpha value is -3.22. The first-order valence-electron chi connectivity index (χ1n) is 9.41. The van der Waals surface area contributed by atoms with Crippen molar-refractivity contribution in [2.45, 2.75) is 25.3 Å². The third kappa shape index (κ3) is 4.36. The van der Waals surface area contributed by atoms with Gasteiger partial charge >= 0.3 is 0 Å². The molecule has 0 aliphatic heterocycles. The predicted octanol–water partition coefficient (Wildman–Crippen LogP) is 3.98. The summed E-state index contributed by atoms with van der Waals surface area (Å²) in [7, 11) is 0. The molecule has 28 heavy (non-hydrogen) atoms. The summed E-state index contributed by atoms with van der Waals surface area (Å²) >= 11 is 0. The van der Waals surface area contributed by atoms with Gasteiger partial charge in [0, 0.05) is 6.54 Å². The molecule has 2 aromatic carbocycles. The highest BCUT2D eigenvalue weighted by molar-refractivity contribution is 5.42. The minimum absolute atomic E-state index is 0.0436. The third-order valence-electron chi connectivity index (χ3n) is 5.04. The number of hydrogen-bond donors (Lipinski definition) is 3. The van der Waals surface area contributed by atoms with Crippen molar-refractivity contribution in [3.8, 4) is 0 Å². The number of nitrogens with two attached hydrogens (primary N) is 1. The SMILES string of the molecule is C[C@H](Nc1nc(N)nc(NC[C@@H]2C[C@H]2c2ccc(F)cc2)n1)c1ccccc1. The predicted molar refractivity (Wildman–Crippen MR) is 108 cm³/mol. The molecular formula is C21H23FN6. The number of halogens is 1. The molecule has 0 amide bonds. The van der Waals surface area contributed by atoms with Crippen molar-refractivity contribution in [1.29, 1.82) is 0 Å². The van der Waals surface area contributed by atoms with Gasteiger partial charge < -0.3 is 16.4 Å². The first-order valence-corrected chi connectivity index (χ1v) is 9.41. The summed E-state index contributed by atoms with van der Waals surface area (Å²) in [6, 6.07) is 16.8. The van der Waals surface area contributed by atoms with Gasteiger partial charge in [-0.25, -0.2) is 4.39 Å². The maximum Gasteiger partial charge on any atom is 0.229 e. The van der Waals surface area contributed by atoms with Gasteiger partial charge in [-0.3, -0.25) is 0 Å². The van der Waals surface area contributed by atoms with Crippen LogP contribution in [0.5, 0.6) is 0 Å². The Labute approximate surface area is 163 Å². The van der Waals surface area contributed by atoms with Gasteiger partial charge in [0.1, 0.15) is 5.82 Å². The second-order valence-corrected chi connectivity index (χ2v) is 7.15. The Bertz CT molecular complexity index is 931. The highest BCUT2D eigenvalue weighted by Crippen LogP contribution is 2.47. The molecular weight excluding hydrogens is 355 g/mol. The first kappa shape index (κ1) is 18.2. The molecule has 4 rings (SSSR count). The summed E-state index contributed by atoms with van der Waals surface area (Å²) in [5, 5.41) is 6.52. The lowest BCUT2D eigenvalue weighted by molar-refractivity contribution is 0.627. The number of nitrogens with zero attached hydrogens (tertiary/aromatic N) is 3. The molecule has 1 saturated carbocycles. The number of anilines is 3. The van der Waals surface area contributed by atoms with Crippen molar-refractivity contribution >= 4 is 17.8 Å². The van der Waals surface area contributed by atoms with E-state index in [2.05, 4.69) is 25.6 Å². The van der Waals surface area contributed by atoms with Gasteiger partial charge in [-0.05, 0) is 48.4 Å². The molecule has 1 aliphatic carbocycles. The van der Waals surface area contributed by atoms with Gasteiger partial charge in [-0.15, -0.1) is 0 Å². The Kier molecular flexibility index (Phi) is 5.06. The lowest BCUT2D eigenvalue weighted by Gasteiger charge is -2.15. The molecule has 3 atom stereocenters. The first-order chi connectivity index (χ1) is 13.6. The zero-order valence-electron chi connectivity index (χ0n) is 15.6. The smallest absolute Gasteiger partial charge is 0.229 e. The topological polar surface area (TPSA) is 88.8 Å². The molecule has 144 valence electrons. The summed E-state index contributed by atoms with van der Waals surface area (Å²) in [4.78, 5) is 12.8. The van der Waals surface area contributed by atoms with Crippen LogP contribution in [0.2, 0.25) is 0 Å². The highest BCUT2D eigenvalue weighted by atomic mass is 19.1. The monoisotopic (exact) mass is 378 g/mol. The zero-order valence-corrected chi connectivity index (χ0v) is 15.6. The lowest BCUT2D eigenvalue weighted by Crippen LogP contribution is -2.14. The molecule has 1 aliphatic rings. The van der Waals surface area contributed by atoms with E-state index >= 15 is 0 Å². The van der Waals surface area contributed by atoms with Crippen molar-refractivity contribution in [3.05, 3.63) is 71.5 Å². The second kappa shape index (κ2) is 7.80. The minimum Gasteiger partial charge on any atom is -0.368 e. The van der Waals surface area contributed by atoms with E-state index in [-0.39, 0.29) is 17.8 Å². The molecule has 1 aromatic heterocycles. The number of aromatic nitrogens is 3. The number of hydrogen-bond acceptors (Lipinski definition) is 6. The van der Waals surface area contributed by atoms with E-state index < -0.39 is 0 Å². The molecule has 7 heteroatoms. The minimum atomic E-state index is -0.204. The van der Waals surface area contributed by atoms with Crippen LogP contribution in [0.15, 0.2) is 54.6 Å². The van der Waals surface area contributed by atoms with Crippen molar-refractivity contribution < 1.29 is 4.39 Å². The van der Waals surface area contributed by atoms with E-state index in [1.54, 1.807) is 0 Å². The molecule has 0 bridgehead atoms. The van der Waals surface area contributed by atoms with Gasteiger partial charge in [0.25, 0.3) is 0 Å². The number of nitrogen functional groups attached to an aromatic ring is 1. The van der Waals surface area contributed by atoms with E-state index in [1.165, 1.54) is 17.7 Å². The van der Waals surface area contributed by atoms with Gasteiger partial charge in [-0.2, -0.15) is 15.0 Å². The Morgan fingerprint density at radius 2 is 1.75 bits per heavy atom. The quantitative estimate of drug-likeness (QED) is 0.576. The number of nitrogens with one attached hydrogen (secondary N) is 2. The largest absolute Gasteiger partial charge is 0.368 e. The summed E-state index contributed by atoms with van der Waals surface area (Å²) in [6.45, 7) is 2.78. The number of benzene rings is 2. The highest BCUT2D eigenvalue weighted by Gasteiger charge is 2.38. The average Bonchev–Trinajstić information content (AvgIpc) is 3.47. The zero-order chi connectivity index (χ0) is 19.5. The molecule has 1 heterocycles. The second-order valence-electron chi connectivity index (χ2n) is 7.15. The van der Waals surface area contributed by atoms with Crippen LogP contribution in [0.3, 0.4) is 0 Å². The number of rotatable bonds is 7. The van der Waals surface area contributed by atoms with Crippen LogP contribution in [-0.2, 0) is 0 Å². The molecule has 0 saturated heterocycles. The maximum atomic E-state index is 13.1. The molecule has 3 aromatic rings. The fraction of sp³-hybridized carbons (Fsp3) is 0.286. The van der Waals surface area contributed by atoms with Crippen LogP contribution in [0.4, 0.5) is 22.2 Å². The Morgan fingerprint density at radius 3 is 2.50 bits per heavy atom. The van der Waals surface area contributed by atoms with E-state index in [9.17, 15) is 4.39 Å². The molecule has 6 nitrogen and oxygen atoms in total. The van der Waals surface area contributed by atoms with Crippen molar-refractivity contribution in [3.63, 3.8) is 0 Å². The van der Waals surface area contributed by atoms with Gasteiger partial charge in [0.2, 0.25) is 17.8 Å². The molecule has 1 fully saturated rings. The normalized spacial score (nSPS) is 19.1. The Morgan fingerprint density at radius 1 is 1.04 bits per heavy atom. The van der Waals surface area contributed by atoms with Gasteiger partial charge in [0.15, 0.2) is 0 Å². The Balaban J connectivity index is 1.36. The van der Waals surface area contributed by atoms with E-state index in [0.29, 0.717) is 23.7 Å². The fourth-order valence-corrected chi connectivity index (χ4v) is 3.37. The summed E-state index contributed by atoms with van der Waals surface area (Å²) < 4.78 is 13.1. The van der Waals surface area contributed by atoms with Crippen LogP contribution in [0.25, 0.3) is 0 Å². The summed E-state index contributed by atoms with van der Waals surface area (Å²) in [5.74, 6) is 1.79.